The van der Waals surface area contributed by atoms with Crippen LogP contribution in [0.2, 0.25) is 15.1 Å². The number of hydrogen-bond donors (Lipinski definition) is 4. The zero-order chi connectivity index (χ0) is 73.9. The molecule has 14 rings (SSSR count). The largest absolute Gasteiger partial charge is 2.00 e. The molecule has 11 heterocycles. The van der Waals surface area contributed by atoms with Gasteiger partial charge in [-0.1, -0.05) is 89.5 Å². The number of carbonyl (C=O) groups excluding carboxylic acids is 6. The number of carbonyl (C=O) groups is 6. The Hall–Kier alpha value is -8.25. The molecule has 3 fully saturated rings. The van der Waals surface area contributed by atoms with E-state index in [2.05, 4.69) is 29.1 Å². The minimum Gasteiger partial charge on any atom is -1.00 e. The van der Waals surface area contributed by atoms with Crippen molar-refractivity contribution in [1.29, 1.82) is 0 Å². The summed E-state index contributed by atoms with van der Waals surface area (Å²) in [5, 5.41) is 15.8. The van der Waals surface area contributed by atoms with E-state index in [9.17, 15) is 74.6 Å². The quantitative estimate of drug-likeness (QED) is 0.0490. The fourth-order valence-electron chi connectivity index (χ4n) is 14.6. The molecule has 0 bridgehead atoms. The van der Waals surface area contributed by atoms with Crippen LogP contribution in [0.15, 0.2) is 119 Å². The number of amides is 6. The molecule has 8 aliphatic rings. The van der Waals surface area contributed by atoms with Crippen LogP contribution < -0.4 is 75.7 Å². The summed E-state index contributed by atoms with van der Waals surface area (Å²) in [6.45, 7) is 8.98. The molecule has 0 unspecified atom stereocenters. The molecule has 6 amide bonds. The number of fused-ring (bicyclic) bond motifs is 7. The molecule has 36 heteroatoms. The Morgan fingerprint density at radius 2 is 0.915 bits per heavy atom. The molecule has 3 aromatic heterocycles. The smallest absolute Gasteiger partial charge is 1.00 e. The van der Waals surface area contributed by atoms with E-state index < -0.39 is 136 Å². The van der Waals surface area contributed by atoms with Crippen LogP contribution in [-0.4, -0.2) is 182 Å². The number of methoxy groups -OCH3 is 2. The van der Waals surface area contributed by atoms with Gasteiger partial charge in [0.15, 0.2) is 34.3 Å². The third kappa shape index (κ3) is 13.8. The van der Waals surface area contributed by atoms with Gasteiger partial charge in [-0.05, 0) is 37.5 Å². The Balaban J connectivity index is 0.000000181. The third-order valence-corrected chi connectivity index (χ3v) is 20.8. The van der Waals surface area contributed by atoms with Gasteiger partial charge in [0.25, 0.3) is 35.4 Å². The number of ether oxygens (including phenoxy) is 5. The van der Waals surface area contributed by atoms with Crippen LogP contribution in [0, 0.1) is 34.9 Å². The first-order valence-electron chi connectivity index (χ1n) is 31.8. The molecule has 0 aliphatic carbocycles. The van der Waals surface area contributed by atoms with Gasteiger partial charge in [0.1, 0.15) is 66.7 Å². The number of benzene rings is 3. The average molecular weight is 1670 g/mol. The van der Waals surface area contributed by atoms with E-state index in [-0.39, 0.29) is 185 Å². The van der Waals surface area contributed by atoms with Gasteiger partial charge in [-0.25, -0.2) is 26.3 Å². The summed E-state index contributed by atoms with van der Waals surface area (Å²) < 4.78 is 115. The fourth-order valence-corrected chi connectivity index (χ4v) is 15.1. The van der Waals surface area contributed by atoms with Crippen molar-refractivity contribution in [3.05, 3.63) is 236 Å². The van der Waals surface area contributed by atoms with E-state index in [4.69, 9.17) is 58.5 Å². The first-order chi connectivity index (χ1) is 49.3. The van der Waals surface area contributed by atoms with Crippen LogP contribution in [0.25, 0.3) is 0 Å². The number of rotatable bonds is 15. The second-order valence-corrected chi connectivity index (χ2v) is 26.3. The summed E-state index contributed by atoms with van der Waals surface area (Å²) in [6.07, 6.45) is 16.3. The first kappa shape index (κ1) is 81.8. The Bertz CT molecular complexity index is 4900. The normalized spacial score (nSPS) is 21.5. The molecule has 8 aliphatic heterocycles. The number of aromatic hydroxyl groups is 1. The number of halogens is 11. The number of nitrogens with zero attached hydrogens (tertiary/aromatic N) is 6. The fraction of sp³-hybridized carbons (Fsp3) is 0.329. The Kier molecular flexibility index (Phi) is 25.2. The van der Waals surface area contributed by atoms with E-state index in [0.717, 1.165) is 36.4 Å². The molecule has 3 saturated heterocycles. The molecular formula is C70H62Br2Cl3F6MgN9O15. The van der Waals surface area contributed by atoms with Gasteiger partial charge in [0, 0.05) is 74.5 Å². The molecule has 2 spiro atoms. The maximum Gasteiger partial charge on any atom is 2.00 e. The predicted octanol–water partition coefficient (Wildman–Crippen LogP) is 1.46. The maximum absolute atomic E-state index is 14.3. The van der Waals surface area contributed by atoms with Crippen molar-refractivity contribution in [2.45, 2.75) is 73.6 Å². The number of hydrogen-bond acceptors (Lipinski definition) is 15. The van der Waals surface area contributed by atoms with E-state index >= 15 is 0 Å². The van der Waals surface area contributed by atoms with Crippen molar-refractivity contribution in [2.75, 3.05) is 73.5 Å². The van der Waals surface area contributed by atoms with Crippen LogP contribution in [0.4, 0.5) is 26.3 Å². The summed E-state index contributed by atoms with van der Waals surface area (Å²) in [5.74, 6) is -11.1. The first-order valence-corrected chi connectivity index (χ1v) is 33.0. The van der Waals surface area contributed by atoms with E-state index in [1.54, 1.807) is 36.0 Å². The molecule has 0 radical (unpaired) electrons. The topological polar surface area (TPSA) is 281 Å². The second kappa shape index (κ2) is 32.7. The Morgan fingerprint density at radius 1 is 0.547 bits per heavy atom. The number of nitrogens with one attached hydrogen (secondary N) is 3. The van der Waals surface area contributed by atoms with Crippen LogP contribution in [-0.2, 0) is 33.8 Å². The average Bonchev–Trinajstić information content (AvgIpc) is 1.42. The van der Waals surface area contributed by atoms with Crippen molar-refractivity contribution in [2.24, 2.45) is 0 Å². The van der Waals surface area contributed by atoms with Crippen LogP contribution in [0.1, 0.15) is 117 Å². The molecule has 106 heavy (non-hydrogen) atoms. The van der Waals surface area contributed by atoms with E-state index in [0.29, 0.717) is 39.0 Å². The van der Waals surface area contributed by atoms with Crippen LogP contribution in [0.5, 0.6) is 17.2 Å². The predicted molar refractivity (Wildman–Crippen MR) is 364 cm³/mol. The Morgan fingerprint density at radius 3 is 1.32 bits per heavy atom. The maximum atomic E-state index is 14.3. The number of aromatic nitrogens is 3. The van der Waals surface area contributed by atoms with Crippen LogP contribution in [0.3, 0.4) is 0 Å². The van der Waals surface area contributed by atoms with Crippen molar-refractivity contribution >= 4 is 93.3 Å². The second-order valence-electron chi connectivity index (χ2n) is 25.1. The minimum atomic E-state index is -1.02. The molecule has 4 N–H and O–H groups in total. The van der Waals surface area contributed by atoms with E-state index in [1.165, 1.54) is 37.4 Å². The van der Waals surface area contributed by atoms with Gasteiger partial charge in [-0.2, -0.15) is 0 Å². The van der Waals surface area contributed by atoms with Crippen molar-refractivity contribution in [3.8, 4) is 17.2 Å². The van der Waals surface area contributed by atoms with Crippen molar-refractivity contribution < 1.29 is 118 Å². The van der Waals surface area contributed by atoms with Gasteiger partial charge in [0.2, 0.25) is 16.3 Å². The van der Waals surface area contributed by atoms with Gasteiger partial charge in [-0.15, -0.1) is 13.2 Å². The number of pyridine rings is 3. The molecule has 24 nitrogen and oxygen atoms in total. The summed E-state index contributed by atoms with van der Waals surface area (Å²) >= 11 is 16.8. The summed E-state index contributed by atoms with van der Waals surface area (Å²) in [4.78, 5) is 123. The molecule has 556 valence electrons. The summed E-state index contributed by atoms with van der Waals surface area (Å²) in [7, 11) is 2.49. The third-order valence-electron chi connectivity index (χ3n) is 19.8. The summed E-state index contributed by atoms with van der Waals surface area (Å²) in [6, 6.07) is 5.14. The standard InChI is InChI=1S/C25H24ClF2N3O5.C23H20ClF2N3O5.C22H18ClF2N3O5.2BrH.Mg/c1-4-8-25-13-36-12-17(25)30-11-15(21(32)22(35-3)20(30)24(34)31(25)9-5-2)23(33)29-10-14-6-7-16(27)18(26)19(14)28;1-33-20-18-22(32)29-7-3-2-6-23(29)11-34-10-15(23)28(18)9-13(19(20)30)21(31)27-8-12-4-5-14(25)16(24)17(12)26;23-15-13(24)4-3-11(16(15)25)7-26-20(31)12-8-27-14-9-33-10-22(14)5-1-2-6-28(22)21(32)17(27)19(30)18(12)29;;;/h4-7,11,17H,1-2,8-10,12-13H2,3H3,(H,29,33);2-5,9,15H,6-8,10-11H2,1H3,(H,27,31);1-4,8,14,30H,5-7,9-10H2,(H,26,31);2*1H;/q;;;;;+2/p-2/t17-,25+;15-,23+;14-,22+;;;/m000.../s1. The molecule has 0 saturated carbocycles. The van der Waals surface area contributed by atoms with Gasteiger partial charge in [-0.3, -0.25) is 43.2 Å². The van der Waals surface area contributed by atoms with Gasteiger partial charge >= 0.3 is 23.1 Å². The van der Waals surface area contributed by atoms with E-state index in [1.807, 2.05) is 24.3 Å². The van der Waals surface area contributed by atoms with Crippen molar-refractivity contribution in [1.82, 2.24) is 44.4 Å². The molecule has 6 atom stereocenters. The minimum absolute atomic E-state index is 0. The zero-order valence-corrected chi connectivity index (χ0v) is 63.0. The SMILES string of the molecule is C=CCN1C(=O)c2c(OC)c(=O)c(C(=O)NCc3ccc(F)c(Cl)c3F)cn2[C@H]2COC[C@]21CC=C.COc1c2n(cc(C(=O)NCc3ccc(F)c(Cl)c3F)c1=O)[C@H]1COC[C@]13CC=CCN3C2=O.O=C(NCc1ccc(F)c(Cl)c1F)c1cn2c(c(O)c1=O)C(=O)N1CC=CC[C@]13COC[C@H]23.[Br-].[Br-].[Mg+2]. The van der Waals surface area contributed by atoms with Gasteiger partial charge < -0.3 is 107 Å². The molecule has 3 aromatic carbocycles. The van der Waals surface area contributed by atoms with Crippen molar-refractivity contribution in [3.63, 3.8) is 0 Å². The summed E-state index contributed by atoms with van der Waals surface area (Å²) in [5.41, 5.74) is -6.05. The molecular weight excluding hydrogens is 1610 g/mol. The molecule has 6 aromatic rings. The van der Waals surface area contributed by atoms with Gasteiger partial charge in [0.05, 0.1) is 88.6 Å². The zero-order valence-electron chi connectivity index (χ0n) is 56.1. The Labute approximate surface area is 651 Å². The monoisotopic (exact) mass is 1670 g/mol. The van der Waals surface area contributed by atoms with Crippen LogP contribution >= 0.6 is 34.8 Å².